The lowest BCUT2D eigenvalue weighted by Crippen LogP contribution is -2.33. The first-order valence-electron chi connectivity index (χ1n) is 18.5. The van der Waals surface area contributed by atoms with E-state index in [1.165, 1.54) is 31.4 Å². The first-order chi connectivity index (χ1) is 25.0. The van der Waals surface area contributed by atoms with Crippen molar-refractivity contribution < 1.29 is 14.3 Å². The molecule has 51 heavy (non-hydrogen) atoms. The Labute approximate surface area is 302 Å². The van der Waals surface area contributed by atoms with Crippen LogP contribution in [0, 0.1) is 0 Å². The van der Waals surface area contributed by atoms with E-state index in [4.69, 9.17) is 9.47 Å². The van der Waals surface area contributed by atoms with E-state index in [-0.39, 0.29) is 5.97 Å². The van der Waals surface area contributed by atoms with E-state index < -0.39 is 5.60 Å². The molecule has 7 nitrogen and oxygen atoms in total. The van der Waals surface area contributed by atoms with Crippen LogP contribution in [0.2, 0.25) is 0 Å². The van der Waals surface area contributed by atoms with E-state index >= 15 is 0 Å². The van der Waals surface area contributed by atoms with E-state index in [0.717, 1.165) is 71.3 Å². The molecule has 5 aromatic carbocycles. The van der Waals surface area contributed by atoms with Crippen LogP contribution in [0.15, 0.2) is 109 Å². The quantitative estimate of drug-likeness (QED) is 0.113. The molecular weight excluding hydrogens is 633 g/mol. The average Bonchev–Trinajstić information content (AvgIpc) is 3.47. The Morgan fingerprint density at radius 2 is 1.14 bits per heavy atom. The number of benzene rings is 5. The van der Waals surface area contributed by atoms with Crippen molar-refractivity contribution in [1.82, 2.24) is 0 Å². The number of hydrogen-bond acceptors (Lipinski definition) is 7. The summed E-state index contributed by atoms with van der Waals surface area (Å²) >= 11 is 0. The van der Waals surface area contributed by atoms with Gasteiger partial charge in [0.05, 0.1) is 11.3 Å². The van der Waals surface area contributed by atoms with E-state index in [9.17, 15) is 4.79 Å². The lowest BCUT2D eigenvalue weighted by atomic mass is 9.76. The fourth-order valence-corrected chi connectivity index (χ4v) is 7.46. The second-order valence-electron chi connectivity index (χ2n) is 13.3. The van der Waals surface area contributed by atoms with Crippen LogP contribution in [-0.2, 0) is 10.3 Å². The number of fused-ring (bicyclic) bond motifs is 6. The fourth-order valence-electron chi connectivity index (χ4n) is 7.46. The molecule has 1 spiro atoms. The summed E-state index contributed by atoms with van der Waals surface area (Å²) in [5.74, 6) is 1.01. The molecule has 0 aromatic heterocycles. The highest BCUT2D eigenvalue weighted by Gasteiger charge is 2.55. The lowest BCUT2D eigenvalue weighted by Gasteiger charge is -2.37. The Morgan fingerprint density at radius 1 is 0.608 bits per heavy atom. The number of ether oxygens (including phenoxy) is 2. The molecular formula is C44H48N4O3. The number of anilines is 6. The zero-order valence-corrected chi connectivity index (χ0v) is 30.2. The molecule has 2 heterocycles. The van der Waals surface area contributed by atoms with Gasteiger partial charge in [-0.15, -0.1) is 0 Å². The highest BCUT2D eigenvalue weighted by Crippen LogP contribution is 2.59. The Bertz CT molecular complexity index is 1930. The maximum absolute atomic E-state index is 14.2. The summed E-state index contributed by atoms with van der Waals surface area (Å²) in [5.41, 5.74) is 7.71. The van der Waals surface area contributed by atoms with Crippen molar-refractivity contribution in [3.63, 3.8) is 0 Å². The summed E-state index contributed by atoms with van der Waals surface area (Å²) in [6, 6.07) is 36.9. The van der Waals surface area contributed by atoms with Crippen LogP contribution >= 0.6 is 0 Å². The number of unbranched alkanes of at least 4 members (excludes halogenated alkanes) is 2. The molecule has 0 saturated carbocycles. The Balaban J connectivity index is 1.22. The molecule has 0 fully saturated rings. The third-order valence-corrected chi connectivity index (χ3v) is 10.1. The SMILES string of the molecule is CCCCN(CCCC)c1ccc(Nc2ccc(Nc3ccc(N(CC)CC)c4c3C3(OC4=O)c4ccccc4Oc4ccccc43)cc2)cc1. The lowest BCUT2D eigenvalue weighted by molar-refractivity contribution is 0.0226. The van der Waals surface area contributed by atoms with Crippen LogP contribution in [0.5, 0.6) is 11.5 Å². The van der Waals surface area contributed by atoms with Gasteiger partial charge in [-0.3, -0.25) is 0 Å². The van der Waals surface area contributed by atoms with Crippen LogP contribution in [0.1, 0.15) is 80.4 Å². The van der Waals surface area contributed by atoms with Crippen molar-refractivity contribution in [3.05, 3.63) is 131 Å². The number of para-hydroxylation sites is 2. The summed E-state index contributed by atoms with van der Waals surface area (Å²) in [6.45, 7) is 12.4. The molecule has 0 amide bonds. The Kier molecular flexibility index (Phi) is 9.89. The summed E-state index contributed by atoms with van der Waals surface area (Å²) in [5, 5.41) is 7.25. The first-order valence-corrected chi connectivity index (χ1v) is 18.5. The second kappa shape index (κ2) is 14.8. The zero-order chi connectivity index (χ0) is 35.4. The van der Waals surface area contributed by atoms with Gasteiger partial charge in [0.2, 0.25) is 0 Å². The average molecular weight is 681 g/mol. The van der Waals surface area contributed by atoms with Crippen LogP contribution in [0.25, 0.3) is 0 Å². The Hall–Kier alpha value is -5.43. The topological polar surface area (TPSA) is 66.1 Å². The summed E-state index contributed by atoms with van der Waals surface area (Å²) in [7, 11) is 0. The maximum Gasteiger partial charge on any atom is 0.342 e. The summed E-state index contributed by atoms with van der Waals surface area (Å²) in [4.78, 5) is 18.9. The molecule has 262 valence electrons. The van der Waals surface area contributed by atoms with Gasteiger partial charge in [-0.1, -0.05) is 63.1 Å². The normalized spacial score (nSPS) is 13.5. The monoisotopic (exact) mass is 680 g/mol. The molecule has 0 atom stereocenters. The molecule has 2 N–H and O–H groups in total. The van der Waals surface area contributed by atoms with Crippen molar-refractivity contribution in [2.24, 2.45) is 0 Å². The third kappa shape index (κ3) is 6.37. The van der Waals surface area contributed by atoms with Gasteiger partial charge in [-0.05, 0) is 99.5 Å². The highest BCUT2D eigenvalue weighted by atomic mass is 16.6. The van der Waals surface area contributed by atoms with E-state index in [0.29, 0.717) is 17.1 Å². The van der Waals surface area contributed by atoms with Gasteiger partial charge in [-0.25, -0.2) is 4.79 Å². The molecule has 7 rings (SSSR count). The van der Waals surface area contributed by atoms with Crippen molar-refractivity contribution >= 4 is 40.1 Å². The van der Waals surface area contributed by atoms with E-state index in [1.54, 1.807) is 0 Å². The number of nitrogens with zero attached hydrogens (tertiary/aromatic N) is 2. The number of carbonyl (C=O) groups excluding carboxylic acids is 1. The van der Waals surface area contributed by atoms with Crippen molar-refractivity contribution in [2.75, 3.05) is 46.6 Å². The zero-order valence-electron chi connectivity index (χ0n) is 30.2. The highest BCUT2D eigenvalue weighted by molar-refractivity contribution is 6.05. The minimum Gasteiger partial charge on any atom is -0.456 e. The summed E-state index contributed by atoms with van der Waals surface area (Å²) in [6.07, 6.45) is 4.79. The van der Waals surface area contributed by atoms with Gasteiger partial charge < -0.3 is 29.9 Å². The second-order valence-corrected chi connectivity index (χ2v) is 13.3. The number of carbonyl (C=O) groups is 1. The largest absolute Gasteiger partial charge is 0.456 e. The predicted molar refractivity (Wildman–Crippen MR) is 210 cm³/mol. The smallest absolute Gasteiger partial charge is 0.342 e. The minimum absolute atomic E-state index is 0.341. The standard InChI is InChI=1S/C44H48N4O3/c1-5-9-29-48(30-10-6-2)34-25-23-32(24-26-34)45-31-19-21-33(22-20-31)46-37-27-28-38(47(7-3)8-4)41-42(37)44(51-43(41)49)35-15-11-13-17-39(35)50-40-18-14-12-16-36(40)44/h11-28,45-46H,5-10,29-30H2,1-4H3. The Morgan fingerprint density at radius 3 is 1.69 bits per heavy atom. The minimum atomic E-state index is -1.18. The van der Waals surface area contributed by atoms with Crippen LogP contribution in [0.3, 0.4) is 0 Å². The molecule has 7 heteroatoms. The van der Waals surface area contributed by atoms with Gasteiger partial charge in [0.1, 0.15) is 11.5 Å². The van der Waals surface area contributed by atoms with Crippen LogP contribution < -0.4 is 25.2 Å². The van der Waals surface area contributed by atoms with E-state index in [2.05, 4.69) is 103 Å². The third-order valence-electron chi connectivity index (χ3n) is 10.1. The number of rotatable bonds is 14. The molecule has 0 saturated heterocycles. The molecule has 0 unspecified atom stereocenters. The predicted octanol–water partition coefficient (Wildman–Crippen LogP) is 11.0. The molecule has 5 aromatic rings. The van der Waals surface area contributed by atoms with Gasteiger partial charge in [0.25, 0.3) is 0 Å². The fraction of sp³-hybridized carbons (Fsp3) is 0.295. The molecule has 0 bridgehead atoms. The summed E-state index contributed by atoms with van der Waals surface area (Å²) < 4.78 is 13.0. The van der Waals surface area contributed by atoms with Gasteiger partial charge in [0, 0.05) is 71.3 Å². The van der Waals surface area contributed by atoms with Crippen molar-refractivity contribution in [3.8, 4) is 11.5 Å². The number of nitrogens with one attached hydrogen (secondary N) is 2. The maximum atomic E-state index is 14.2. The molecule has 2 aliphatic rings. The van der Waals surface area contributed by atoms with Gasteiger partial charge in [0.15, 0.2) is 5.60 Å². The first kappa shape index (κ1) is 34.0. The number of hydrogen-bond donors (Lipinski definition) is 2. The molecule has 0 aliphatic carbocycles. The molecule has 2 aliphatic heterocycles. The van der Waals surface area contributed by atoms with Gasteiger partial charge >= 0.3 is 5.97 Å². The van der Waals surface area contributed by atoms with Crippen molar-refractivity contribution in [2.45, 2.75) is 59.0 Å². The number of esters is 1. The van der Waals surface area contributed by atoms with Crippen LogP contribution in [-0.4, -0.2) is 32.1 Å². The van der Waals surface area contributed by atoms with Crippen molar-refractivity contribution in [1.29, 1.82) is 0 Å². The molecule has 0 radical (unpaired) electrons. The van der Waals surface area contributed by atoms with Crippen LogP contribution in [0.4, 0.5) is 34.1 Å². The van der Waals surface area contributed by atoms with E-state index in [1.807, 2.05) is 54.6 Å². The van der Waals surface area contributed by atoms with Gasteiger partial charge in [-0.2, -0.15) is 0 Å².